The van der Waals surface area contributed by atoms with E-state index in [0.29, 0.717) is 34.7 Å². The van der Waals surface area contributed by atoms with Crippen LogP contribution in [-0.4, -0.2) is 17.5 Å². The molecule has 0 bridgehead atoms. The number of hydrogen-bond donors (Lipinski definition) is 0. The van der Waals surface area contributed by atoms with E-state index in [1.807, 2.05) is 76.2 Å². The number of anilines is 1. The Hall–Kier alpha value is -3.93. The van der Waals surface area contributed by atoms with Crippen LogP contribution < -0.4 is 15.1 Å². The van der Waals surface area contributed by atoms with E-state index in [4.69, 9.17) is 9.15 Å². The van der Waals surface area contributed by atoms with Crippen LogP contribution in [0, 0.1) is 20.8 Å². The molecule has 0 N–H and O–H groups in total. The SMILES string of the molecule is CCOc1cccc(C2c3c(oc4cc(C)c(C)cc4c3=O)C(=O)N2c2cc(C)ccn2)c1. The molecule has 166 valence electrons. The molecule has 1 aliphatic rings. The molecule has 0 fully saturated rings. The molecular formula is C27H24N2O4. The van der Waals surface area contributed by atoms with Gasteiger partial charge >= 0.3 is 0 Å². The Labute approximate surface area is 191 Å². The molecule has 0 spiro atoms. The third kappa shape index (κ3) is 3.39. The highest BCUT2D eigenvalue weighted by Gasteiger charge is 2.44. The average Bonchev–Trinajstić information content (AvgIpc) is 3.08. The topological polar surface area (TPSA) is 72.6 Å². The Morgan fingerprint density at radius 1 is 1.03 bits per heavy atom. The first-order chi connectivity index (χ1) is 15.9. The van der Waals surface area contributed by atoms with Crippen LogP contribution >= 0.6 is 0 Å². The molecule has 2 aromatic heterocycles. The molecule has 5 rings (SSSR count). The number of pyridine rings is 1. The van der Waals surface area contributed by atoms with Gasteiger partial charge in [0.2, 0.25) is 5.76 Å². The van der Waals surface area contributed by atoms with Crippen LogP contribution in [0.2, 0.25) is 0 Å². The number of carbonyl (C=O) groups is 1. The second-order valence-electron chi connectivity index (χ2n) is 8.38. The Kier molecular flexibility index (Phi) is 5.01. The van der Waals surface area contributed by atoms with E-state index in [1.54, 1.807) is 11.1 Å². The van der Waals surface area contributed by atoms with Crippen molar-refractivity contribution in [1.82, 2.24) is 4.98 Å². The number of aryl methyl sites for hydroxylation is 3. The number of ether oxygens (including phenoxy) is 1. The van der Waals surface area contributed by atoms with Gasteiger partial charge in [-0.15, -0.1) is 0 Å². The molecule has 1 atom stereocenters. The summed E-state index contributed by atoms with van der Waals surface area (Å²) in [6.45, 7) is 8.27. The monoisotopic (exact) mass is 440 g/mol. The molecule has 6 nitrogen and oxygen atoms in total. The summed E-state index contributed by atoms with van der Waals surface area (Å²) in [4.78, 5) is 33.4. The van der Waals surface area contributed by atoms with Crippen molar-refractivity contribution in [2.24, 2.45) is 0 Å². The summed E-state index contributed by atoms with van der Waals surface area (Å²) in [6, 6.07) is 14.2. The van der Waals surface area contributed by atoms with Crippen LogP contribution in [0.1, 0.15) is 51.3 Å². The minimum atomic E-state index is -0.676. The first-order valence-corrected chi connectivity index (χ1v) is 11.0. The molecule has 6 heteroatoms. The number of hydrogen-bond acceptors (Lipinski definition) is 5. The van der Waals surface area contributed by atoms with Gasteiger partial charge in [-0.05, 0) is 86.3 Å². The maximum atomic E-state index is 13.8. The maximum absolute atomic E-state index is 13.8. The smallest absolute Gasteiger partial charge is 0.296 e. The summed E-state index contributed by atoms with van der Waals surface area (Å²) in [5.41, 5.74) is 4.24. The number of benzene rings is 2. The highest BCUT2D eigenvalue weighted by Crippen LogP contribution is 2.41. The average molecular weight is 440 g/mol. The van der Waals surface area contributed by atoms with Crippen molar-refractivity contribution in [2.75, 3.05) is 11.5 Å². The second-order valence-corrected chi connectivity index (χ2v) is 8.38. The van der Waals surface area contributed by atoms with Gasteiger partial charge < -0.3 is 9.15 Å². The van der Waals surface area contributed by atoms with Gasteiger partial charge in [-0.3, -0.25) is 14.5 Å². The van der Waals surface area contributed by atoms with E-state index in [1.165, 1.54) is 0 Å². The molecule has 1 amide bonds. The van der Waals surface area contributed by atoms with Gasteiger partial charge in [0.05, 0.1) is 23.6 Å². The van der Waals surface area contributed by atoms with Crippen LogP contribution in [-0.2, 0) is 0 Å². The summed E-state index contributed by atoms with van der Waals surface area (Å²) >= 11 is 0. The van der Waals surface area contributed by atoms with Gasteiger partial charge in [0.1, 0.15) is 17.2 Å². The van der Waals surface area contributed by atoms with Gasteiger partial charge in [0, 0.05) is 6.20 Å². The quantitative estimate of drug-likeness (QED) is 0.433. The largest absolute Gasteiger partial charge is 0.494 e. The second kappa shape index (κ2) is 7.89. The summed E-state index contributed by atoms with van der Waals surface area (Å²) in [5.74, 6) is 0.816. The number of rotatable bonds is 4. The third-order valence-electron chi connectivity index (χ3n) is 6.12. The predicted molar refractivity (Wildman–Crippen MR) is 127 cm³/mol. The van der Waals surface area contributed by atoms with Crippen molar-refractivity contribution in [1.29, 1.82) is 0 Å². The third-order valence-corrected chi connectivity index (χ3v) is 6.12. The first-order valence-electron chi connectivity index (χ1n) is 11.0. The van der Waals surface area contributed by atoms with Crippen molar-refractivity contribution in [2.45, 2.75) is 33.7 Å². The summed E-state index contributed by atoms with van der Waals surface area (Å²) in [5, 5.41) is 0.467. The minimum absolute atomic E-state index is 0.0610. The van der Waals surface area contributed by atoms with Gasteiger partial charge in [-0.2, -0.15) is 0 Å². The number of nitrogens with zero attached hydrogens (tertiary/aromatic N) is 2. The van der Waals surface area contributed by atoms with E-state index in [2.05, 4.69) is 4.98 Å². The number of amides is 1. The van der Waals surface area contributed by atoms with Crippen LogP contribution in [0.4, 0.5) is 5.82 Å². The van der Waals surface area contributed by atoms with Gasteiger partial charge in [-0.25, -0.2) is 4.98 Å². The Morgan fingerprint density at radius 2 is 1.82 bits per heavy atom. The van der Waals surface area contributed by atoms with Crippen LogP contribution in [0.25, 0.3) is 11.0 Å². The lowest BCUT2D eigenvalue weighted by Gasteiger charge is -2.24. The number of fused-ring (bicyclic) bond motifs is 2. The Morgan fingerprint density at radius 3 is 2.58 bits per heavy atom. The zero-order valence-electron chi connectivity index (χ0n) is 19.0. The van der Waals surface area contributed by atoms with Crippen molar-refractivity contribution in [3.8, 4) is 5.75 Å². The van der Waals surface area contributed by atoms with E-state index in [9.17, 15) is 9.59 Å². The molecule has 1 unspecified atom stereocenters. The van der Waals surface area contributed by atoms with Gasteiger partial charge in [-0.1, -0.05) is 12.1 Å². The van der Waals surface area contributed by atoms with Gasteiger partial charge in [0.15, 0.2) is 5.43 Å². The van der Waals surface area contributed by atoms with Crippen molar-refractivity contribution in [3.05, 3.63) is 98.5 Å². The fourth-order valence-electron chi connectivity index (χ4n) is 4.37. The van der Waals surface area contributed by atoms with Crippen LogP contribution in [0.5, 0.6) is 5.75 Å². The summed E-state index contributed by atoms with van der Waals surface area (Å²) in [7, 11) is 0. The first kappa shape index (κ1) is 20.9. The zero-order chi connectivity index (χ0) is 23.3. The van der Waals surface area contributed by atoms with E-state index in [-0.39, 0.29) is 17.1 Å². The fraction of sp³-hybridized carbons (Fsp3) is 0.222. The number of carbonyl (C=O) groups excluding carboxylic acids is 1. The predicted octanol–water partition coefficient (Wildman–Crippen LogP) is 5.26. The molecule has 2 aromatic carbocycles. The molecule has 0 saturated carbocycles. The fourth-order valence-corrected chi connectivity index (χ4v) is 4.37. The van der Waals surface area contributed by atoms with Crippen molar-refractivity contribution in [3.63, 3.8) is 0 Å². The lowest BCUT2D eigenvalue weighted by molar-refractivity contribution is 0.0970. The molecule has 33 heavy (non-hydrogen) atoms. The lowest BCUT2D eigenvalue weighted by atomic mass is 9.97. The standard InChI is InChI=1S/C27H24N2O4/c1-5-32-19-8-6-7-18(14-19)24-23-25(30)20-12-16(3)17(4)13-21(20)33-26(23)27(31)29(24)22-11-15(2)9-10-28-22/h6-14,24H,5H2,1-4H3. The highest BCUT2D eigenvalue weighted by atomic mass is 16.5. The molecule has 0 radical (unpaired) electrons. The zero-order valence-corrected chi connectivity index (χ0v) is 19.0. The van der Waals surface area contributed by atoms with Crippen LogP contribution in [0.15, 0.2) is 63.9 Å². The maximum Gasteiger partial charge on any atom is 0.296 e. The normalized spacial score (nSPS) is 15.2. The highest BCUT2D eigenvalue weighted by molar-refractivity contribution is 6.10. The molecule has 3 heterocycles. The van der Waals surface area contributed by atoms with Crippen LogP contribution in [0.3, 0.4) is 0 Å². The number of aromatic nitrogens is 1. The minimum Gasteiger partial charge on any atom is -0.494 e. The Bertz CT molecular complexity index is 1470. The molecule has 4 aromatic rings. The van der Waals surface area contributed by atoms with Crippen molar-refractivity contribution < 1.29 is 13.9 Å². The summed E-state index contributed by atoms with van der Waals surface area (Å²) in [6.07, 6.45) is 1.66. The lowest BCUT2D eigenvalue weighted by Crippen LogP contribution is -2.30. The molecule has 0 saturated heterocycles. The van der Waals surface area contributed by atoms with Gasteiger partial charge in [0.25, 0.3) is 5.91 Å². The van der Waals surface area contributed by atoms with E-state index < -0.39 is 6.04 Å². The molecule has 1 aliphatic heterocycles. The summed E-state index contributed by atoms with van der Waals surface area (Å²) < 4.78 is 11.8. The molecule has 0 aliphatic carbocycles. The van der Waals surface area contributed by atoms with E-state index in [0.717, 1.165) is 22.3 Å². The Balaban J connectivity index is 1.81. The van der Waals surface area contributed by atoms with E-state index >= 15 is 0 Å². The van der Waals surface area contributed by atoms with Crippen molar-refractivity contribution >= 4 is 22.7 Å². The molecular weight excluding hydrogens is 416 g/mol.